The van der Waals surface area contributed by atoms with Crippen LogP contribution >= 0.6 is 36.0 Å². The van der Waals surface area contributed by atoms with E-state index in [1.54, 1.807) is 30.3 Å². The number of carbonyl (C=O) groups is 1. The summed E-state index contributed by atoms with van der Waals surface area (Å²) in [6.45, 7) is 0. The molecule has 0 aromatic heterocycles. The summed E-state index contributed by atoms with van der Waals surface area (Å²) < 4.78 is 0.968. The van der Waals surface area contributed by atoms with E-state index >= 15 is 0 Å². The number of phenolic OH excluding ortho intramolecular Hbond substituents is 1. The molecule has 0 spiro atoms. The molecular formula is C13H10Cl2N2O2S. The lowest BCUT2D eigenvalue weighted by atomic mass is 10.3. The molecule has 0 unspecified atom stereocenters. The lowest BCUT2D eigenvalue weighted by Gasteiger charge is -2.18. The second-order valence-electron chi connectivity index (χ2n) is 3.86. The molecule has 0 aliphatic carbocycles. The molecule has 0 radical (unpaired) electrons. The Morgan fingerprint density at radius 3 is 2.45 bits per heavy atom. The van der Waals surface area contributed by atoms with Crippen LogP contribution in [0.25, 0.3) is 0 Å². The molecule has 0 heterocycles. The van der Waals surface area contributed by atoms with Crippen LogP contribution in [0.15, 0.2) is 42.5 Å². The Hall–Kier alpha value is -1.56. The van der Waals surface area contributed by atoms with Gasteiger partial charge in [0, 0.05) is 10.7 Å². The number of benzene rings is 2. The van der Waals surface area contributed by atoms with E-state index in [1.165, 1.54) is 12.1 Å². The first kappa shape index (κ1) is 14.8. The highest BCUT2D eigenvalue weighted by atomic mass is 35.5. The van der Waals surface area contributed by atoms with Crippen LogP contribution in [0.4, 0.5) is 16.2 Å². The lowest BCUT2D eigenvalue weighted by Crippen LogP contribution is -2.26. The van der Waals surface area contributed by atoms with Gasteiger partial charge >= 0.3 is 6.03 Å². The number of rotatable bonds is 2. The average molecular weight is 329 g/mol. The predicted molar refractivity (Wildman–Crippen MR) is 85.1 cm³/mol. The quantitative estimate of drug-likeness (QED) is 0.706. The molecule has 2 aromatic carbocycles. The zero-order valence-corrected chi connectivity index (χ0v) is 12.5. The van der Waals surface area contributed by atoms with E-state index in [9.17, 15) is 9.90 Å². The van der Waals surface area contributed by atoms with Crippen LogP contribution in [0.3, 0.4) is 0 Å². The molecule has 7 heteroatoms. The monoisotopic (exact) mass is 328 g/mol. The molecule has 20 heavy (non-hydrogen) atoms. The number of nitrogens with one attached hydrogen (secondary N) is 1. The molecule has 2 aromatic rings. The molecule has 4 nitrogen and oxygen atoms in total. The maximum Gasteiger partial charge on any atom is 0.336 e. The summed E-state index contributed by atoms with van der Waals surface area (Å²) in [6, 6.07) is 10.7. The topological polar surface area (TPSA) is 52.6 Å². The van der Waals surface area contributed by atoms with Crippen molar-refractivity contribution in [2.75, 3.05) is 9.62 Å². The number of aromatic hydroxyl groups is 1. The van der Waals surface area contributed by atoms with Gasteiger partial charge in [-0.15, -0.1) is 0 Å². The summed E-state index contributed by atoms with van der Waals surface area (Å²) in [5.41, 5.74) is 0.743. The van der Waals surface area contributed by atoms with Crippen molar-refractivity contribution in [3.8, 4) is 5.75 Å². The Kier molecular flexibility index (Phi) is 4.65. The molecule has 2 N–H and O–H groups in total. The lowest BCUT2D eigenvalue weighted by molar-refractivity contribution is 0.260. The molecule has 2 amide bonds. The zero-order chi connectivity index (χ0) is 14.7. The van der Waals surface area contributed by atoms with Crippen molar-refractivity contribution in [3.63, 3.8) is 0 Å². The standard InChI is InChI=1S/C13H10Cl2N2O2S/c14-8-4-6-9(7-5-8)16-13(19)17(20)11-3-1-2-10(15)12(11)18/h1-7,18,20H,(H,16,19). The summed E-state index contributed by atoms with van der Waals surface area (Å²) in [7, 11) is 0. The van der Waals surface area contributed by atoms with E-state index in [-0.39, 0.29) is 16.5 Å². The SMILES string of the molecule is O=C(Nc1ccc(Cl)cc1)N(S)c1cccc(Cl)c1O. The minimum Gasteiger partial charge on any atom is -0.504 e. The molecule has 0 saturated heterocycles. The number of phenols is 1. The highest BCUT2D eigenvalue weighted by Crippen LogP contribution is 2.35. The largest absolute Gasteiger partial charge is 0.504 e. The summed E-state index contributed by atoms with van der Waals surface area (Å²) in [6.07, 6.45) is 0. The van der Waals surface area contributed by atoms with Crippen molar-refractivity contribution in [2.45, 2.75) is 0 Å². The van der Waals surface area contributed by atoms with Crippen molar-refractivity contribution in [2.24, 2.45) is 0 Å². The number of urea groups is 1. The van der Waals surface area contributed by atoms with Crippen LogP contribution in [-0.2, 0) is 0 Å². The Labute approximate surface area is 131 Å². The number of hydrogen-bond donors (Lipinski definition) is 3. The maximum absolute atomic E-state index is 12.0. The highest BCUT2D eigenvalue weighted by molar-refractivity contribution is 7.82. The predicted octanol–water partition coefficient (Wildman–Crippen LogP) is 4.58. The van der Waals surface area contributed by atoms with E-state index in [1.807, 2.05) is 0 Å². The van der Waals surface area contributed by atoms with Crippen LogP contribution in [0.2, 0.25) is 10.0 Å². The van der Waals surface area contributed by atoms with Crippen molar-refractivity contribution in [1.29, 1.82) is 0 Å². The smallest absolute Gasteiger partial charge is 0.336 e. The number of halogens is 2. The van der Waals surface area contributed by atoms with Crippen molar-refractivity contribution >= 4 is 53.4 Å². The molecule has 0 atom stereocenters. The minimum atomic E-state index is -0.534. The molecule has 0 aliphatic heterocycles. The molecule has 2 rings (SSSR count). The van der Waals surface area contributed by atoms with Gasteiger partial charge in [-0.3, -0.25) is 0 Å². The van der Waals surface area contributed by atoms with Gasteiger partial charge in [0.2, 0.25) is 0 Å². The number of carbonyl (C=O) groups excluding carboxylic acids is 1. The van der Waals surface area contributed by atoms with Gasteiger partial charge in [0.15, 0.2) is 5.75 Å². The number of amides is 2. The molecule has 0 aliphatic rings. The number of hydrogen-bond acceptors (Lipinski definition) is 3. The molecule has 104 valence electrons. The number of para-hydroxylation sites is 1. The summed E-state index contributed by atoms with van der Waals surface area (Å²) in [5, 5.41) is 13.1. The van der Waals surface area contributed by atoms with Crippen molar-refractivity contribution in [1.82, 2.24) is 0 Å². The van der Waals surface area contributed by atoms with Gasteiger partial charge < -0.3 is 10.4 Å². The summed E-state index contributed by atoms with van der Waals surface area (Å²) in [4.78, 5) is 12.0. The van der Waals surface area contributed by atoms with Crippen molar-refractivity contribution < 1.29 is 9.90 Å². The van der Waals surface area contributed by atoms with Gasteiger partial charge in [-0.25, -0.2) is 9.10 Å². The first-order valence-electron chi connectivity index (χ1n) is 5.52. The fourth-order valence-electron chi connectivity index (χ4n) is 1.49. The van der Waals surface area contributed by atoms with Gasteiger partial charge in [-0.05, 0) is 36.4 Å². The third-order valence-corrected chi connectivity index (χ3v) is 3.44. The van der Waals surface area contributed by atoms with Gasteiger partial charge in [0.1, 0.15) is 5.69 Å². The van der Waals surface area contributed by atoms with Crippen molar-refractivity contribution in [3.05, 3.63) is 52.5 Å². The second-order valence-corrected chi connectivity index (χ2v) is 5.10. The molecule has 0 bridgehead atoms. The van der Waals surface area contributed by atoms with Crippen LogP contribution in [0, 0.1) is 0 Å². The summed E-state index contributed by atoms with van der Waals surface area (Å²) in [5.74, 6) is -0.213. The van der Waals surface area contributed by atoms with E-state index in [4.69, 9.17) is 23.2 Å². The fraction of sp³-hybridized carbons (Fsp3) is 0. The third kappa shape index (κ3) is 3.30. The Morgan fingerprint density at radius 2 is 1.80 bits per heavy atom. The van der Waals surface area contributed by atoms with Gasteiger partial charge in [-0.1, -0.05) is 42.1 Å². The Morgan fingerprint density at radius 1 is 1.15 bits per heavy atom. The van der Waals surface area contributed by atoms with Crippen LogP contribution < -0.4 is 9.62 Å². The fourth-order valence-corrected chi connectivity index (χ4v) is 2.00. The number of nitrogens with zero attached hydrogens (tertiary/aromatic N) is 1. The maximum atomic E-state index is 12.0. The normalized spacial score (nSPS) is 10.2. The minimum absolute atomic E-state index is 0.140. The second kappa shape index (κ2) is 6.26. The van der Waals surface area contributed by atoms with Crippen LogP contribution in [0.5, 0.6) is 5.75 Å². The van der Waals surface area contributed by atoms with E-state index in [2.05, 4.69) is 18.1 Å². The first-order chi connectivity index (χ1) is 9.49. The zero-order valence-electron chi connectivity index (χ0n) is 10.0. The third-order valence-electron chi connectivity index (χ3n) is 2.48. The van der Waals surface area contributed by atoms with E-state index < -0.39 is 6.03 Å². The number of anilines is 2. The average Bonchev–Trinajstić information content (AvgIpc) is 2.43. The van der Waals surface area contributed by atoms with Crippen LogP contribution in [-0.4, -0.2) is 11.1 Å². The Bertz CT molecular complexity index is 635. The summed E-state index contributed by atoms with van der Waals surface area (Å²) >= 11 is 15.6. The highest BCUT2D eigenvalue weighted by Gasteiger charge is 2.17. The first-order valence-corrected chi connectivity index (χ1v) is 6.67. The molecular weight excluding hydrogens is 319 g/mol. The van der Waals surface area contributed by atoms with E-state index in [0.29, 0.717) is 10.7 Å². The van der Waals surface area contributed by atoms with Gasteiger partial charge in [-0.2, -0.15) is 0 Å². The van der Waals surface area contributed by atoms with Crippen LogP contribution in [0.1, 0.15) is 0 Å². The van der Waals surface area contributed by atoms with E-state index in [0.717, 1.165) is 4.31 Å². The van der Waals surface area contributed by atoms with Gasteiger partial charge in [0.25, 0.3) is 0 Å². The molecule has 0 fully saturated rings. The number of thiol groups is 1. The Balaban J connectivity index is 2.16. The molecule has 0 saturated carbocycles. The van der Waals surface area contributed by atoms with Gasteiger partial charge in [0.05, 0.1) is 5.02 Å².